The van der Waals surface area contributed by atoms with Crippen LogP contribution in [0.2, 0.25) is 0 Å². The average molecular weight is 230 g/mol. The van der Waals surface area contributed by atoms with E-state index in [-0.39, 0.29) is 0 Å². The average Bonchev–Trinajstić information content (AvgIpc) is 2.65. The molecule has 3 N–H and O–H groups in total. The minimum Gasteiger partial charge on any atom is -0.365 e. The van der Waals surface area contributed by atoms with E-state index in [9.17, 15) is 0 Å². The van der Waals surface area contributed by atoms with Gasteiger partial charge in [-0.25, -0.2) is 0 Å². The van der Waals surface area contributed by atoms with Crippen molar-refractivity contribution in [2.45, 2.75) is 0 Å². The molecule has 0 saturated heterocycles. The molecule has 76 valence electrons. The number of hydrogen-bond acceptors (Lipinski definition) is 4. The first-order valence-corrected chi connectivity index (χ1v) is 4.61. The maximum Gasteiger partial charge on any atom is 0.248 e. The lowest BCUT2D eigenvalue weighted by atomic mass is 10.9. The van der Waals surface area contributed by atoms with E-state index in [4.69, 9.17) is 24.4 Å². The lowest BCUT2D eigenvalue weighted by Crippen LogP contribution is -2.26. The van der Waals surface area contributed by atoms with E-state index in [2.05, 4.69) is 26.0 Å². The fourth-order valence-corrected chi connectivity index (χ4v) is 0.876. The standard InChI is InChI=1S/C6H10N6S2/c1-7-5(13)10-4-9-3-12(11-4)6(14)8-2/h3H,1-2H3,(H,8,14)(H2,7,10,11,13). The summed E-state index contributed by atoms with van der Waals surface area (Å²) in [5.41, 5.74) is 0. The molecule has 0 fully saturated rings. The van der Waals surface area contributed by atoms with Crippen LogP contribution in [0.25, 0.3) is 0 Å². The molecular weight excluding hydrogens is 220 g/mol. The van der Waals surface area contributed by atoms with Gasteiger partial charge in [-0.2, -0.15) is 9.67 Å². The monoisotopic (exact) mass is 230 g/mol. The molecule has 1 rings (SSSR count). The number of rotatable bonds is 1. The number of anilines is 1. The van der Waals surface area contributed by atoms with Gasteiger partial charge >= 0.3 is 0 Å². The molecule has 0 bridgehead atoms. The molecule has 0 aliphatic rings. The Balaban J connectivity index is 2.68. The van der Waals surface area contributed by atoms with Crippen LogP contribution in [-0.2, 0) is 0 Å². The first-order chi connectivity index (χ1) is 6.67. The number of hydrogen-bond donors (Lipinski definition) is 3. The van der Waals surface area contributed by atoms with Gasteiger partial charge in [0.05, 0.1) is 0 Å². The van der Waals surface area contributed by atoms with Crippen LogP contribution in [-0.4, -0.2) is 39.1 Å². The normalized spacial score (nSPS) is 9.29. The van der Waals surface area contributed by atoms with E-state index in [1.54, 1.807) is 14.1 Å². The topological polar surface area (TPSA) is 66.8 Å². The largest absolute Gasteiger partial charge is 0.365 e. The van der Waals surface area contributed by atoms with Crippen LogP contribution in [0.5, 0.6) is 0 Å². The predicted molar refractivity (Wildman–Crippen MR) is 62.4 cm³/mol. The highest BCUT2D eigenvalue weighted by Crippen LogP contribution is 1.95. The van der Waals surface area contributed by atoms with Crippen molar-refractivity contribution in [3.05, 3.63) is 6.33 Å². The molecular formula is C6H10N6S2. The van der Waals surface area contributed by atoms with E-state index < -0.39 is 0 Å². The smallest absolute Gasteiger partial charge is 0.248 e. The van der Waals surface area contributed by atoms with Crippen LogP contribution >= 0.6 is 24.4 Å². The quantitative estimate of drug-likeness (QED) is 0.564. The minimum absolute atomic E-state index is 0.405. The lowest BCUT2D eigenvalue weighted by Gasteiger charge is -2.01. The Morgan fingerprint density at radius 3 is 2.64 bits per heavy atom. The predicted octanol–water partition coefficient (Wildman–Crippen LogP) is -0.453. The molecule has 8 heteroatoms. The Kier molecular flexibility index (Phi) is 3.72. The van der Waals surface area contributed by atoms with Gasteiger partial charge in [-0.15, -0.1) is 5.10 Å². The van der Waals surface area contributed by atoms with Crippen molar-refractivity contribution in [1.29, 1.82) is 0 Å². The van der Waals surface area contributed by atoms with Crippen LogP contribution in [0, 0.1) is 0 Å². The molecule has 0 saturated carbocycles. The first-order valence-electron chi connectivity index (χ1n) is 3.80. The summed E-state index contributed by atoms with van der Waals surface area (Å²) in [6, 6.07) is 0. The molecule has 0 aromatic carbocycles. The summed E-state index contributed by atoms with van der Waals surface area (Å²) in [6.07, 6.45) is 1.50. The third-order valence-electron chi connectivity index (χ3n) is 1.37. The molecule has 6 nitrogen and oxygen atoms in total. The zero-order valence-corrected chi connectivity index (χ0v) is 9.37. The summed E-state index contributed by atoms with van der Waals surface area (Å²) in [5.74, 6) is 0.405. The Bertz CT molecular complexity index is 346. The second kappa shape index (κ2) is 4.82. The first kappa shape index (κ1) is 10.8. The van der Waals surface area contributed by atoms with E-state index in [1.807, 2.05) is 0 Å². The summed E-state index contributed by atoms with van der Waals surface area (Å²) in [6.45, 7) is 0. The van der Waals surface area contributed by atoms with Crippen LogP contribution in [0.4, 0.5) is 5.95 Å². The van der Waals surface area contributed by atoms with Gasteiger partial charge in [0.25, 0.3) is 0 Å². The summed E-state index contributed by atoms with van der Waals surface area (Å²) in [7, 11) is 3.43. The van der Waals surface area contributed by atoms with Crippen LogP contribution in [0.15, 0.2) is 6.33 Å². The van der Waals surface area contributed by atoms with Crippen molar-refractivity contribution in [3.63, 3.8) is 0 Å². The van der Waals surface area contributed by atoms with Gasteiger partial charge < -0.3 is 10.6 Å². The molecule has 0 amide bonds. The molecule has 1 aromatic heterocycles. The van der Waals surface area contributed by atoms with Crippen LogP contribution in [0.1, 0.15) is 0 Å². The maximum atomic E-state index is 4.95. The zero-order valence-electron chi connectivity index (χ0n) is 7.74. The Morgan fingerprint density at radius 1 is 1.36 bits per heavy atom. The highest BCUT2D eigenvalue weighted by molar-refractivity contribution is 7.80. The molecule has 0 aliphatic carbocycles. The van der Waals surface area contributed by atoms with E-state index in [0.29, 0.717) is 16.2 Å². The fourth-order valence-electron chi connectivity index (χ4n) is 0.697. The van der Waals surface area contributed by atoms with Crippen molar-refractivity contribution < 1.29 is 0 Å². The molecule has 1 heterocycles. The van der Waals surface area contributed by atoms with Gasteiger partial charge in [0, 0.05) is 14.1 Å². The molecule has 0 unspecified atom stereocenters. The van der Waals surface area contributed by atoms with E-state index >= 15 is 0 Å². The van der Waals surface area contributed by atoms with Gasteiger partial charge in [-0.1, -0.05) is 0 Å². The number of aromatic nitrogens is 3. The lowest BCUT2D eigenvalue weighted by molar-refractivity contribution is 0.905. The molecule has 1 aromatic rings. The van der Waals surface area contributed by atoms with Crippen molar-refractivity contribution in [1.82, 2.24) is 25.4 Å². The third-order valence-corrected chi connectivity index (χ3v) is 2.06. The highest BCUT2D eigenvalue weighted by Gasteiger charge is 2.03. The summed E-state index contributed by atoms with van der Waals surface area (Å²) >= 11 is 9.83. The molecule has 0 spiro atoms. The van der Waals surface area contributed by atoms with E-state index in [0.717, 1.165) is 0 Å². The van der Waals surface area contributed by atoms with Gasteiger partial charge in [-0.05, 0) is 24.4 Å². The molecule has 0 radical (unpaired) electrons. The van der Waals surface area contributed by atoms with Crippen molar-refractivity contribution in [3.8, 4) is 0 Å². The molecule has 14 heavy (non-hydrogen) atoms. The molecule has 0 aliphatic heterocycles. The SMILES string of the molecule is CNC(=S)Nc1ncn(C(=S)NC)n1. The van der Waals surface area contributed by atoms with Crippen LogP contribution in [0.3, 0.4) is 0 Å². The fraction of sp³-hybridized carbons (Fsp3) is 0.333. The van der Waals surface area contributed by atoms with Crippen molar-refractivity contribution in [2.24, 2.45) is 0 Å². The Morgan fingerprint density at radius 2 is 2.07 bits per heavy atom. The highest BCUT2D eigenvalue weighted by atomic mass is 32.1. The number of thiocarbonyl (C=S) groups is 2. The Hall–Kier alpha value is -1.28. The molecule has 0 atom stereocenters. The van der Waals surface area contributed by atoms with Gasteiger partial charge in [0.15, 0.2) is 10.2 Å². The number of nitrogens with zero attached hydrogens (tertiary/aromatic N) is 3. The second-order valence-electron chi connectivity index (χ2n) is 2.27. The van der Waals surface area contributed by atoms with Gasteiger partial charge in [0.2, 0.25) is 5.95 Å². The van der Waals surface area contributed by atoms with Gasteiger partial charge in [-0.3, -0.25) is 5.32 Å². The zero-order chi connectivity index (χ0) is 10.6. The van der Waals surface area contributed by atoms with Crippen molar-refractivity contribution in [2.75, 3.05) is 19.4 Å². The van der Waals surface area contributed by atoms with Crippen LogP contribution < -0.4 is 16.0 Å². The second-order valence-corrected chi connectivity index (χ2v) is 3.07. The minimum atomic E-state index is 0.405. The van der Waals surface area contributed by atoms with E-state index in [1.165, 1.54) is 11.0 Å². The summed E-state index contributed by atoms with van der Waals surface area (Å²) in [5, 5.41) is 13.3. The Labute approximate surface area is 92.1 Å². The summed E-state index contributed by atoms with van der Waals surface area (Å²) in [4.78, 5) is 3.96. The third kappa shape index (κ3) is 2.60. The maximum absolute atomic E-state index is 4.95. The van der Waals surface area contributed by atoms with Crippen molar-refractivity contribution >= 4 is 40.6 Å². The summed E-state index contributed by atoms with van der Waals surface area (Å²) < 4.78 is 1.44. The number of nitrogens with one attached hydrogen (secondary N) is 3. The van der Waals surface area contributed by atoms with Gasteiger partial charge in [0.1, 0.15) is 6.33 Å².